The van der Waals surface area contributed by atoms with Crippen LogP contribution >= 0.6 is 0 Å². The van der Waals surface area contributed by atoms with Crippen LogP contribution in [0, 0.1) is 6.92 Å². The maximum atomic E-state index is 12.6. The Morgan fingerprint density at radius 3 is 2.62 bits per heavy atom. The second-order valence-corrected chi connectivity index (χ2v) is 5.88. The number of carbonyl (C=O) groups is 2. The molecule has 26 heavy (non-hydrogen) atoms. The van der Waals surface area contributed by atoms with E-state index in [9.17, 15) is 9.59 Å². The lowest BCUT2D eigenvalue weighted by molar-refractivity contribution is -0.116. The maximum absolute atomic E-state index is 12.6. The molecule has 0 radical (unpaired) electrons. The average Bonchev–Trinajstić information content (AvgIpc) is 3.18. The number of aryl methyl sites for hydroxylation is 1. The molecular weight excluding hydrogens is 332 g/mol. The van der Waals surface area contributed by atoms with Crippen LogP contribution in [0.2, 0.25) is 0 Å². The van der Waals surface area contributed by atoms with Crippen LogP contribution in [-0.2, 0) is 4.79 Å². The molecule has 0 aliphatic carbocycles. The molecule has 0 spiro atoms. The number of nitrogens with zero attached hydrogens (tertiary/aromatic N) is 5. The smallest absolute Gasteiger partial charge is 0.254 e. The van der Waals surface area contributed by atoms with E-state index < -0.39 is 0 Å². The molecule has 0 atom stereocenters. The van der Waals surface area contributed by atoms with Gasteiger partial charge in [0, 0.05) is 18.3 Å². The van der Waals surface area contributed by atoms with Crippen LogP contribution in [0.3, 0.4) is 0 Å². The van der Waals surface area contributed by atoms with Gasteiger partial charge in [0.1, 0.15) is 6.33 Å². The number of rotatable bonds is 5. The van der Waals surface area contributed by atoms with Crippen molar-refractivity contribution < 1.29 is 9.59 Å². The highest BCUT2D eigenvalue weighted by Gasteiger charge is 2.16. The summed E-state index contributed by atoms with van der Waals surface area (Å²) in [6.45, 7) is 1.92. The average molecular weight is 350 g/mol. The molecule has 3 aromatic rings. The van der Waals surface area contributed by atoms with Gasteiger partial charge in [0.25, 0.3) is 5.91 Å². The first kappa shape index (κ1) is 17.3. The fourth-order valence-corrected chi connectivity index (χ4v) is 2.41. The van der Waals surface area contributed by atoms with Gasteiger partial charge < -0.3 is 10.2 Å². The summed E-state index contributed by atoms with van der Waals surface area (Å²) >= 11 is 0. The summed E-state index contributed by atoms with van der Waals surface area (Å²) in [5, 5.41) is 13.7. The maximum Gasteiger partial charge on any atom is 0.254 e. The zero-order valence-corrected chi connectivity index (χ0v) is 14.5. The van der Waals surface area contributed by atoms with E-state index in [4.69, 9.17) is 0 Å². The standard InChI is InChI=1S/C18H18N6O2/c1-13-6-8-15(9-7-13)20-17(25)11-23(2)18(26)14-4-3-5-16(10-14)24-12-19-21-22-24/h3-10,12H,11H2,1-2H3,(H,20,25). The minimum Gasteiger partial charge on any atom is -0.332 e. The number of amides is 2. The molecule has 2 amide bonds. The van der Waals surface area contributed by atoms with Crippen molar-refractivity contribution in [3.05, 3.63) is 66.0 Å². The number of anilines is 1. The minimum atomic E-state index is -0.265. The molecule has 0 saturated heterocycles. The van der Waals surface area contributed by atoms with Crippen LogP contribution < -0.4 is 5.32 Å². The lowest BCUT2D eigenvalue weighted by atomic mass is 10.1. The van der Waals surface area contributed by atoms with Gasteiger partial charge in [-0.25, -0.2) is 4.68 Å². The van der Waals surface area contributed by atoms with Gasteiger partial charge in [0.2, 0.25) is 5.91 Å². The Kier molecular flexibility index (Phi) is 5.02. The molecule has 0 bridgehead atoms. The van der Waals surface area contributed by atoms with Crippen LogP contribution in [0.5, 0.6) is 0 Å². The molecule has 0 unspecified atom stereocenters. The highest BCUT2D eigenvalue weighted by atomic mass is 16.2. The van der Waals surface area contributed by atoms with Gasteiger partial charge >= 0.3 is 0 Å². The van der Waals surface area contributed by atoms with Crippen LogP contribution in [0.1, 0.15) is 15.9 Å². The van der Waals surface area contributed by atoms with Gasteiger partial charge in [-0.15, -0.1) is 5.10 Å². The molecule has 1 aromatic heterocycles. The van der Waals surface area contributed by atoms with Crippen LogP contribution in [-0.4, -0.2) is 50.5 Å². The van der Waals surface area contributed by atoms with Crippen molar-refractivity contribution in [2.75, 3.05) is 18.9 Å². The monoisotopic (exact) mass is 350 g/mol. The lowest BCUT2D eigenvalue weighted by Gasteiger charge is -2.17. The molecule has 132 valence electrons. The molecule has 0 fully saturated rings. The van der Waals surface area contributed by atoms with E-state index in [0.29, 0.717) is 16.9 Å². The van der Waals surface area contributed by atoms with Crippen molar-refractivity contribution in [2.45, 2.75) is 6.92 Å². The molecular formula is C18H18N6O2. The zero-order valence-electron chi connectivity index (χ0n) is 14.5. The van der Waals surface area contributed by atoms with Gasteiger partial charge in [-0.3, -0.25) is 9.59 Å². The third-order valence-corrected chi connectivity index (χ3v) is 3.77. The zero-order chi connectivity index (χ0) is 18.5. The topological polar surface area (TPSA) is 93.0 Å². The molecule has 0 aliphatic rings. The Balaban J connectivity index is 1.65. The predicted molar refractivity (Wildman–Crippen MR) is 95.9 cm³/mol. The molecule has 3 rings (SSSR count). The van der Waals surface area contributed by atoms with E-state index in [1.807, 2.05) is 31.2 Å². The van der Waals surface area contributed by atoms with Gasteiger partial charge in [0.15, 0.2) is 0 Å². The summed E-state index contributed by atoms with van der Waals surface area (Å²) in [7, 11) is 1.58. The number of hydrogen-bond donors (Lipinski definition) is 1. The summed E-state index contributed by atoms with van der Waals surface area (Å²) in [6.07, 6.45) is 1.45. The second-order valence-electron chi connectivity index (χ2n) is 5.88. The number of carbonyl (C=O) groups excluding carboxylic acids is 2. The van der Waals surface area contributed by atoms with E-state index in [2.05, 4.69) is 20.8 Å². The number of likely N-dealkylation sites (N-methyl/N-ethyl adjacent to an activating group) is 1. The second kappa shape index (κ2) is 7.56. The number of nitrogens with one attached hydrogen (secondary N) is 1. The number of aromatic nitrogens is 4. The third-order valence-electron chi connectivity index (χ3n) is 3.77. The fraction of sp³-hybridized carbons (Fsp3) is 0.167. The summed E-state index contributed by atoms with van der Waals surface area (Å²) in [4.78, 5) is 26.1. The minimum absolute atomic E-state index is 0.0538. The van der Waals surface area contributed by atoms with E-state index in [0.717, 1.165) is 5.56 Å². The van der Waals surface area contributed by atoms with Gasteiger partial charge in [0.05, 0.1) is 12.2 Å². The summed E-state index contributed by atoms with van der Waals surface area (Å²) in [6, 6.07) is 14.4. The first-order chi connectivity index (χ1) is 12.5. The summed E-state index contributed by atoms with van der Waals surface area (Å²) in [5.74, 6) is -0.527. The molecule has 0 saturated carbocycles. The van der Waals surface area contributed by atoms with Crippen molar-refractivity contribution in [1.29, 1.82) is 0 Å². The predicted octanol–water partition coefficient (Wildman–Crippen LogP) is 1.68. The highest BCUT2D eigenvalue weighted by Crippen LogP contribution is 2.12. The molecule has 8 nitrogen and oxygen atoms in total. The quantitative estimate of drug-likeness (QED) is 0.756. The normalized spacial score (nSPS) is 10.4. The summed E-state index contributed by atoms with van der Waals surface area (Å²) < 4.78 is 1.46. The van der Waals surface area contributed by atoms with Crippen molar-refractivity contribution in [3.8, 4) is 5.69 Å². The van der Waals surface area contributed by atoms with Crippen LogP contribution in [0.25, 0.3) is 5.69 Å². The van der Waals surface area contributed by atoms with Crippen molar-refractivity contribution >= 4 is 17.5 Å². The molecule has 1 heterocycles. The molecule has 0 aliphatic heterocycles. The molecule has 1 N–H and O–H groups in total. The number of tetrazole rings is 1. The lowest BCUT2D eigenvalue weighted by Crippen LogP contribution is -2.35. The SMILES string of the molecule is Cc1ccc(NC(=O)CN(C)C(=O)c2cccc(-n3cnnn3)c2)cc1. The Labute approximate surface area is 150 Å². The largest absolute Gasteiger partial charge is 0.332 e. The van der Waals surface area contributed by atoms with E-state index >= 15 is 0 Å². The van der Waals surface area contributed by atoms with Gasteiger partial charge in [-0.2, -0.15) is 0 Å². The van der Waals surface area contributed by atoms with E-state index in [-0.39, 0.29) is 18.4 Å². The van der Waals surface area contributed by atoms with Gasteiger partial charge in [-0.05, 0) is 47.7 Å². The van der Waals surface area contributed by atoms with Crippen molar-refractivity contribution in [1.82, 2.24) is 25.1 Å². The van der Waals surface area contributed by atoms with E-state index in [1.165, 1.54) is 15.9 Å². The van der Waals surface area contributed by atoms with Crippen LogP contribution in [0.15, 0.2) is 54.9 Å². The third kappa shape index (κ3) is 4.10. The van der Waals surface area contributed by atoms with Crippen molar-refractivity contribution in [2.24, 2.45) is 0 Å². The Morgan fingerprint density at radius 1 is 1.15 bits per heavy atom. The molecule has 8 heteroatoms. The number of benzene rings is 2. The van der Waals surface area contributed by atoms with Crippen LogP contribution in [0.4, 0.5) is 5.69 Å². The first-order valence-corrected chi connectivity index (χ1v) is 7.98. The highest BCUT2D eigenvalue weighted by molar-refractivity contribution is 5.99. The Bertz CT molecular complexity index is 906. The van der Waals surface area contributed by atoms with Gasteiger partial charge in [-0.1, -0.05) is 23.8 Å². The summed E-state index contributed by atoms with van der Waals surface area (Å²) in [5.41, 5.74) is 2.92. The first-order valence-electron chi connectivity index (χ1n) is 7.98. The Hall–Kier alpha value is -3.55. The Morgan fingerprint density at radius 2 is 1.92 bits per heavy atom. The number of hydrogen-bond acceptors (Lipinski definition) is 5. The fourth-order valence-electron chi connectivity index (χ4n) is 2.41. The molecule has 2 aromatic carbocycles. The van der Waals surface area contributed by atoms with E-state index in [1.54, 1.807) is 31.3 Å². The van der Waals surface area contributed by atoms with Crippen molar-refractivity contribution in [3.63, 3.8) is 0 Å².